The Labute approximate surface area is 166 Å². The molecule has 4 aromatic rings. The number of rotatable bonds is 5. The first-order valence-electron chi connectivity index (χ1n) is 8.99. The van der Waals surface area contributed by atoms with Crippen LogP contribution in [0, 0.1) is 13.8 Å². The van der Waals surface area contributed by atoms with E-state index in [0.29, 0.717) is 34.1 Å². The Morgan fingerprint density at radius 1 is 1.00 bits per heavy atom. The molecule has 0 atom stereocenters. The summed E-state index contributed by atoms with van der Waals surface area (Å²) in [4.78, 5) is 24.4. The van der Waals surface area contributed by atoms with E-state index in [1.807, 2.05) is 24.3 Å². The summed E-state index contributed by atoms with van der Waals surface area (Å²) in [6, 6.07) is 12.7. The van der Waals surface area contributed by atoms with Crippen molar-refractivity contribution in [3.8, 4) is 5.75 Å². The van der Waals surface area contributed by atoms with E-state index >= 15 is 0 Å². The van der Waals surface area contributed by atoms with Gasteiger partial charge in [0.2, 0.25) is 0 Å². The van der Waals surface area contributed by atoms with E-state index in [1.54, 1.807) is 32.0 Å². The van der Waals surface area contributed by atoms with Gasteiger partial charge in [0.15, 0.2) is 6.61 Å². The molecule has 0 fully saturated rings. The van der Waals surface area contributed by atoms with Gasteiger partial charge in [0, 0.05) is 16.8 Å². The number of nitrogens with one attached hydrogen (secondary N) is 1. The maximum Gasteiger partial charge on any atom is 0.342 e. The summed E-state index contributed by atoms with van der Waals surface area (Å²) in [5.74, 6) is 0.414. The molecule has 0 unspecified atom stereocenters. The Kier molecular flexibility index (Phi) is 4.72. The SMILES string of the molecule is COc1cc2c(cc1NC(=O)COC(=O)c1cc(C)oc1C)oc1ccccc12. The smallest absolute Gasteiger partial charge is 0.342 e. The van der Waals surface area contributed by atoms with Gasteiger partial charge in [-0.15, -0.1) is 0 Å². The number of anilines is 1. The highest BCUT2D eigenvalue weighted by atomic mass is 16.5. The van der Waals surface area contributed by atoms with E-state index in [2.05, 4.69) is 5.32 Å². The van der Waals surface area contributed by atoms with Crippen molar-refractivity contribution >= 4 is 39.5 Å². The standard InChI is InChI=1S/C22H19NO6/c1-12-8-15(13(2)28-12)22(25)27-11-21(24)23-17-10-19-16(9-20(17)26-3)14-6-4-5-7-18(14)29-19/h4-10H,11H2,1-3H3,(H,23,24). The maximum atomic E-state index is 12.3. The number of para-hydroxylation sites is 1. The first kappa shape index (κ1) is 18.6. The Morgan fingerprint density at radius 2 is 1.79 bits per heavy atom. The maximum absolute atomic E-state index is 12.3. The lowest BCUT2D eigenvalue weighted by molar-refractivity contribution is -0.119. The molecular weight excluding hydrogens is 374 g/mol. The lowest BCUT2D eigenvalue weighted by atomic mass is 10.1. The van der Waals surface area contributed by atoms with Gasteiger partial charge in [0.05, 0.1) is 12.8 Å². The van der Waals surface area contributed by atoms with E-state index in [-0.39, 0.29) is 0 Å². The van der Waals surface area contributed by atoms with Gasteiger partial charge < -0.3 is 23.6 Å². The number of amides is 1. The highest BCUT2D eigenvalue weighted by Gasteiger charge is 2.18. The van der Waals surface area contributed by atoms with Gasteiger partial charge >= 0.3 is 5.97 Å². The molecule has 0 aliphatic heterocycles. The van der Waals surface area contributed by atoms with Crippen molar-refractivity contribution in [2.75, 3.05) is 19.0 Å². The molecule has 0 aliphatic rings. The largest absolute Gasteiger partial charge is 0.495 e. The molecular formula is C22H19NO6. The molecule has 7 heteroatoms. The summed E-state index contributed by atoms with van der Waals surface area (Å²) >= 11 is 0. The van der Waals surface area contributed by atoms with Gasteiger partial charge in [-0.25, -0.2) is 4.79 Å². The van der Waals surface area contributed by atoms with Crippen LogP contribution in [-0.4, -0.2) is 25.6 Å². The fourth-order valence-corrected chi connectivity index (χ4v) is 3.25. The van der Waals surface area contributed by atoms with Crippen molar-refractivity contribution in [3.63, 3.8) is 0 Å². The van der Waals surface area contributed by atoms with Gasteiger partial charge in [-0.05, 0) is 32.0 Å². The Bertz CT molecular complexity index is 1230. The third kappa shape index (κ3) is 3.54. The third-order valence-corrected chi connectivity index (χ3v) is 4.57. The molecule has 148 valence electrons. The van der Waals surface area contributed by atoms with E-state index in [9.17, 15) is 9.59 Å². The number of fused-ring (bicyclic) bond motifs is 3. The van der Waals surface area contributed by atoms with Crippen LogP contribution in [0.15, 0.2) is 51.3 Å². The van der Waals surface area contributed by atoms with Crippen molar-refractivity contribution in [1.29, 1.82) is 0 Å². The molecule has 0 saturated heterocycles. The summed E-state index contributed by atoms with van der Waals surface area (Å²) in [7, 11) is 1.52. The van der Waals surface area contributed by atoms with Gasteiger partial charge in [-0.1, -0.05) is 18.2 Å². The predicted molar refractivity (Wildman–Crippen MR) is 107 cm³/mol. The molecule has 0 spiro atoms. The lowest BCUT2D eigenvalue weighted by Crippen LogP contribution is -2.21. The summed E-state index contributed by atoms with van der Waals surface area (Å²) in [6.45, 7) is 2.96. The quantitative estimate of drug-likeness (QED) is 0.498. The average molecular weight is 393 g/mol. The molecule has 2 heterocycles. The Hall–Kier alpha value is -3.74. The number of benzene rings is 2. The van der Waals surface area contributed by atoms with Crippen molar-refractivity contribution in [1.82, 2.24) is 0 Å². The Morgan fingerprint density at radius 3 is 2.52 bits per heavy atom. The summed E-state index contributed by atoms with van der Waals surface area (Å²) in [6.07, 6.45) is 0. The van der Waals surface area contributed by atoms with E-state index in [1.165, 1.54) is 7.11 Å². The predicted octanol–water partition coefficient (Wildman–Crippen LogP) is 4.60. The molecule has 1 amide bonds. The minimum atomic E-state index is -0.616. The number of carbonyl (C=O) groups excluding carboxylic acids is 2. The van der Waals surface area contributed by atoms with Crippen molar-refractivity contribution in [3.05, 3.63) is 59.5 Å². The number of esters is 1. The molecule has 7 nitrogen and oxygen atoms in total. The van der Waals surface area contributed by atoms with Gasteiger partial charge in [0.1, 0.15) is 34.0 Å². The monoisotopic (exact) mass is 393 g/mol. The zero-order chi connectivity index (χ0) is 20.5. The number of hydrogen-bond donors (Lipinski definition) is 1. The van der Waals surface area contributed by atoms with Crippen molar-refractivity contribution in [2.24, 2.45) is 0 Å². The molecule has 1 N–H and O–H groups in total. The highest BCUT2D eigenvalue weighted by Crippen LogP contribution is 2.36. The van der Waals surface area contributed by atoms with E-state index < -0.39 is 18.5 Å². The van der Waals surface area contributed by atoms with Gasteiger partial charge in [0.25, 0.3) is 5.91 Å². The van der Waals surface area contributed by atoms with Crippen LogP contribution < -0.4 is 10.1 Å². The summed E-state index contributed by atoms with van der Waals surface area (Å²) in [5.41, 5.74) is 2.09. The third-order valence-electron chi connectivity index (χ3n) is 4.57. The van der Waals surface area contributed by atoms with E-state index in [4.69, 9.17) is 18.3 Å². The summed E-state index contributed by atoms with van der Waals surface area (Å²) < 4.78 is 21.6. The van der Waals surface area contributed by atoms with Crippen LogP contribution in [0.2, 0.25) is 0 Å². The number of carbonyl (C=O) groups is 2. The normalized spacial score (nSPS) is 11.0. The number of aryl methyl sites for hydroxylation is 2. The van der Waals surface area contributed by atoms with Crippen LogP contribution in [0.5, 0.6) is 5.75 Å². The molecule has 2 aromatic heterocycles. The summed E-state index contributed by atoms with van der Waals surface area (Å²) in [5, 5.41) is 4.54. The topological polar surface area (TPSA) is 90.9 Å². The number of hydrogen-bond acceptors (Lipinski definition) is 6. The molecule has 0 saturated carbocycles. The second-order valence-corrected chi connectivity index (χ2v) is 6.60. The average Bonchev–Trinajstić information content (AvgIpc) is 3.23. The van der Waals surface area contributed by atoms with E-state index in [0.717, 1.165) is 16.4 Å². The minimum Gasteiger partial charge on any atom is -0.495 e. The highest BCUT2D eigenvalue weighted by molar-refractivity contribution is 6.08. The van der Waals surface area contributed by atoms with Crippen molar-refractivity contribution in [2.45, 2.75) is 13.8 Å². The van der Waals surface area contributed by atoms with Gasteiger partial charge in [-0.2, -0.15) is 0 Å². The number of ether oxygens (including phenoxy) is 2. The van der Waals surface area contributed by atoms with Gasteiger partial charge in [-0.3, -0.25) is 4.79 Å². The first-order chi connectivity index (χ1) is 14.0. The zero-order valence-electron chi connectivity index (χ0n) is 16.2. The van der Waals surface area contributed by atoms with Crippen LogP contribution in [0.4, 0.5) is 5.69 Å². The van der Waals surface area contributed by atoms with Crippen molar-refractivity contribution < 1.29 is 27.9 Å². The van der Waals surface area contributed by atoms with Crippen LogP contribution in [0.1, 0.15) is 21.9 Å². The van der Waals surface area contributed by atoms with Crippen LogP contribution >= 0.6 is 0 Å². The molecule has 29 heavy (non-hydrogen) atoms. The second kappa shape index (κ2) is 7.35. The molecule has 4 rings (SSSR count). The molecule has 2 aromatic carbocycles. The Balaban J connectivity index is 1.52. The fourth-order valence-electron chi connectivity index (χ4n) is 3.25. The van der Waals surface area contributed by atoms with Crippen LogP contribution in [0.3, 0.4) is 0 Å². The molecule has 0 aliphatic carbocycles. The molecule has 0 bridgehead atoms. The van der Waals surface area contributed by atoms with Crippen LogP contribution in [0.25, 0.3) is 21.9 Å². The van der Waals surface area contributed by atoms with Crippen LogP contribution in [-0.2, 0) is 9.53 Å². The number of furan rings is 2. The second-order valence-electron chi connectivity index (χ2n) is 6.60. The minimum absolute atomic E-state index is 0.302. The first-order valence-corrected chi connectivity index (χ1v) is 8.99. The zero-order valence-corrected chi connectivity index (χ0v) is 16.2. The number of methoxy groups -OCH3 is 1. The molecule has 0 radical (unpaired) electrons. The fraction of sp³-hybridized carbons (Fsp3) is 0.182. The lowest BCUT2D eigenvalue weighted by Gasteiger charge is -2.10.